The first-order valence-corrected chi connectivity index (χ1v) is 5.29. The number of pyridine rings is 1. The van der Waals surface area contributed by atoms with Crippen LogP contribution >= 0.6 is 15.9 Å². The monoisotopic (exact) mass is 267 g/mol. The van der Waals surface area contributed by atoms with Crippen molar-refractivity contribution in [2.75, 3.05) is 0 Å². The minimum absolute atomic E-state index is 0.0417. The number of rotatable bonds is 0. The lowest BCUT2D eigenvalue weighted by molar-refractivity contribution is 0.475. The maximum atomic E-state index is 11.7. The quantitative estimate of drug-likeness (QED) is 0.796. The van der Waals surface area contributed by atoms with E-state index < -0.39 is 0 Å². The van der Waals surface area contributed by atoms with E-state index >= 15 is 0 Å². The van der Waals surface area contributed by atoms with E-state index in [-0.39, 0.29) is 11.3 Å². The molecule has 1 aromatic heterocycles. The lowest BCUT2D eigenvalue weighted by Crippen LogP contribution is -2.19. The molecule has 0 amide bonds. The Kier molecular flexibility index (Phi) is 2.31. The second-order valence-corrected chi connectivity index (χ2v) is 4.41. The minimum atomic E-state index is -0.0417. The molecule has 1 aromatic carbocycles. The van der Waals surface area contributed by atoms with Crippen molar-refractivity contribution in [2.45, 2.75) is 6.92 Å². The summed E-state index contributed by atoms with van der Waals surface area (Å²) < 4.78 is 2.33. The van der Waals surface area contributed by atoms with Gasteiger partial charge in [0.15, 0.2) is 0 Å². The first kappa shape index (κ1) is 10.2. The molecule has 0 spiro atoms. The van der Waals surface area contributed by atoms with E-state index in [2.05, 4.69) is 15.9 Å². The van der Waals surface area contributed by atoms with Gasteiger partial charge < -0.3 is 9.67 Å². The maximum absolute atomic E-state index is 11.7. The highest BCUT2D eigenvalue weighted by Gasteiger charge is 2.07. The fourth-order valence-electron chi connectivity index (χ4n) is 1.66. The smallest absolute Gasteiger partial charge is 0.253 e. The summed E-state index contributed by atoms with van der Waals surface area (Å²) in [5.41, 5.74) is 1.37. The van der Waals surface area contributed by atoms with Crippen LogP contribution in [0.1, 0.15) is 5.56 Å². The third kappa shape index (κ3) is 1.55. The molecule has 2 rings (SSSR count). The zero-order chi connectivity index (χ0) is 11.2. The van der Waals surface area contributed by atoms with Crippen LogP contribution in [0.25, 0.3) is 10.9 Å². The van der Waals surface area contributed by atoms with Crippen LogP contribution in [0.4, 0.5) is 0 Å². The highest BCUT2D eigenvalue weighted by atomic mass is 79.9. The fraction of sp³-hybridized carbons (Fsp3) is 0.182. The summed E-state index contributed by atoms with van der Waals surface area (Å²) in [6.07, 6.45) is 0. The topological polar surface area (TPSA) is 42.2 Å². The third-order valence-corrected chi connectivity index (χ3v) is 3.11. The van der Waals surface area contributed by atoms with Gasteiger partial charge in [0.25, 0.3) is 5.56 Å². The molecule has 0 unspecified atom stereocenters. The van der Waals surface area contributed by atoms with E-state index in [4.69, 9.17) is 0 Å². The zero-order valence-corrected chi connectivity index (χ0v) is 10.00. The summed E-state index contributed by atoms with van der Waals surface area (Å²) in [7, 11) is 1.70. The van der Waals surface area contributed by atoms with Crippen LogP contribution < -0.4 is 5.56 Å². The second kappa shape index (κ2) is 3.38. The van der Waals surface area contributed by atoms with Gasteiger partial charge >= 0.3 is 0 Å². The van der Waals surface area contributed by atoms with Crippen molar-refractivity contribution in [1.29, 1.82) is 0 Å². The molecule has 0 aliphatic heterocycles. The second-order valence-electron chi connectivity index (χ2n) is 3.55. The molecule has 0 aliphatic rings. The third-order valence-electron chi connectivity index (χ3n) is 2.46. The highest BCUT2D eigenvalue weighted by Crippen LogP contribution is 2.28. The van der Waals surface area contributed by atoms with Crippen molar-refractivity contribution in [2.24, 2.45) is 7.05 Å². The van der Waals surface area contributed by atoms with E-state index in [1.807, 2.05) is 6.07 Å². The van der Waals surface area contributed by atoms with E-state index in [1.165, 1.54) is 4.57 Å². The molecule has 0 saturated heterocycles. The number of hydrogen-bond acceptors (Lipinski definition) is 2. The number of fused-ring (bicyclic) bond motifs is 1. The van der Waals surface area contributed by atoms with E-state index in [0.717, 1.165) is 15.4 Å². The summed E-state index contributed by atoms with van der Waals surface area (Å²) in [6.45, 7) is 1.78. The van der Waals surface area contributed by atoms with Gasteiger partial charge in [-0.25, -0.2) is 0 Å². The van der Waals surface area contributed by atoms with Crippen molar-refractivity contribution < 1.29 is 5.11 Å². The van der Waals surface area contributed by atoms with Gasteiger partial charge in [0.1, 0.15) is 5.75 Å². The van der Waals surface area contributed by atoms with Gasteiger partial charge in [-0.1, -0.05) is 0 Å². The molecule has 1 N–H and O–H groups in total. The van der Waals surface area contributed by atoms with Crippen LogP contribution in [-0.4, -0.2) is 9.67 Å². The number of nitrogens with zero attached hydrogens (tertiary/aromatic N) is 1. The van der Waals surface area contributed by atoms with Gasteiger partial charge in [-0.2, -0.15) is 0 Å². The lowest BCUT2D eigenvalue weighted by Gasteiger charge is -2.08. The normalized spacial score (nSPS) is 10.9. The van der Waals surface area contributed by atoms with E-state index in [9.17, 15) is 9.90 Å². The van der Waals surface area contributed by atoms with Crippen LogP contribution in [0.3, 0.4) is 0 Å². The molecule has 0 bridgehead atoms. The van der Waals surface area contributed by atoms with Gasteiger partial charge in [-0.15, -0.1) is 0 Å². The van der Waals surface area contributed by atoms with Crippen LogP contribution in [0.5, 0.6) is 5.75 Å². The van der Waals surface area contributed by atoms with Crippen molar-refractivity contribution >= 4 is 26.8 Å². The zero-order valence-electron chi connectivity index (χ0n) is 8.41. The number of phenols is 1. The SMILES string of the molecule is Cc1cc2c(Br)cc(O)cc2n(C)c1=O. The molecule has 0 atom stereocenters. The summed E-state index contributed by atoms with van der Waals surface area (Å²) in [5.74, 6) is 0.147. The van der Waals surface area contributed by atoms with Gasteiger partial charge in [0.2, 0.25) is 0 Å². The summed E-state index contributed by atoms with van der Waals surface area (Å²) in [5, 5.41) is 10.4. The Balaban J connectivity index is 3.05. The van der Waals surface area contributed by atoms with Crippen molar-refractivity contribution in [3.05, 3.63) is 38.6 Å². The Morgan fingerprint density at radius 3 is 2.67 bits per heavy atom. The molecule has 1 heterocycles. The Hall–Kier alpha value is -1.29. The molecule has 0 radical (unpaired) electrons. The van der Waals surface area contributed by atoms with E-state index in [0.29, 0.717) is 5.56 Å². The van der Waals surface area contributed by atoms with Gasteiger partial charge in [-0.3, -0.25) is 4.79 Å². The average Bonchev–Trinajstić information content (AvgIpc) is 2.17. The Labute approximate surface area is 95.1 Å². The Morgan fingerprint density at radius 2 is 2.00 bits per heavy atom. The van der Waals surface area contributed by atoms with Crippen LogP contribution in [0, 0.1) is 6.92 Å². The Bertz CT molecular complexity index is 602. The average molecular weight is 268 g/mol. The predicted molar refractivity (Wildman–Crippen MR) is 63.3 cm³/mol. The molecule has 4 heteroatoms. The summed E-state index contributed by atoms with van der Waals surface area (Å²) in [6, 6.07) is 5.02. The number of aromatic hydroxyl groups is 1. The number of phenolic OH excluding ortho intramolecular Hbond substituents is 1. The number of halogens is 1. The maximum Gasteiger partial charge on any atom is 0.253 e. The molecular formula is C11H10BrNO2. The van der Waals surface area contributed by atoms with Crippen molar-refractivity contribution in [3.8, 4) is 5.75 Å². The van der Waals surface area contributed by atoms with E-state index in [1.54, 1.807) is 26.1 Å². The number of aryl methyl sites for hydroxylation is 2. The molecule has 0 fully saturated rings. The predicted octanol–water partition coefficient (Wildman–Crippen LogP) is 2.32. The molecule has 15 heavy (non-hydrogen) atoms. The Morgan fingerprint density at radius 1 is 1.33 bits per heavy atom. The number of aromatic nitrogens is 1. The molecule has 0 saturated carbocycles. The minimum Gasteiger partial charge on any atom is -0.508 e. The van der Waals surface area contributed by atoms with Crippen LogP contribution in [-0.2, 0) is 7.05 Å². The standard InChI is InChI=1S/C11H10BrNO2/c1-6-3-8-9(12)4-7(14)5-10(8)13(2)11(6)15/h3-5,14H,1-2H3. The first-order chi connectivity index (χ1) is 7.00. The lowest BCUT2D eigenvalue weighted by atomic mass is 10.1. The molecule has 2 aromatic rings. The summed E-state index contributed by atoms with van der Waals surface area (Å²) >= 11 is 3.37. The first-order valence-electron chi connectivity index (χ1n) is 4.49. The highest BCUT2D eigenvalue weighted by molar-refractivity contribution is 9.10. The van der Waals surface area contributed by atoms with Crippen LogP contribution in [0.15, 0.2) is 27.5 Å². The summed E-state index contributed by atoms with van der Waals surface area (Å²) in [4.78, 5) is 11.7. The van der Waals surface area contributed by atoms with Gasteiger partial charge in [0, 0.05) is 28.5 Å². The van der Waals surface area contributed by atoms with Crippen molar-refractivity contribution in [1.82, 2.24) is 4.57 Å². The molecule has 78 valence electrons. The molecule has 3 nitrogen and oxygen atoms in total. The fourth-order valence-corrected chi connectivity index (χ4v) is 2.21. The number of benzene rings is 1. The van der Waals surface area contributed by atoms with Gasteiger partial charge in [0.05, 0.1) is 5.52 Å². The van der Waals surface area contributed by atoms with Gasteiger partial charge in [-0.05, 0) is 35.0 Å². The largest absolute Gasteiger partial charge is 0.508 e. The number of hydrogen-bond donors (Lipinski definition) is 1. The van der Waals surface area contributed by atoms with Crippen LogP contribution in [0.2, 0.25) is 0 Å². The molecular weight excluding hydrogens is 258 g/mol. The van der Waals surface area contributed by atoms with Crippen molar-refractivity contribution in [3.63, 3.8) is 0 Å². The molecule has 0 aliphatic carbocycles.